The van der Waals surface area contributed by atoms with Crippen LogP contribution < -0.4 is 0 Å². The Morgan fingerprint density at radius 3 is 2.67 bits per heavy atom. The summed E-state index contributed by atoms with van der Waals surface area (Å²) < 4.78 is 3.17. The lowest BCUT2D eigenvalue weighted by Gasteiger charge is -2.02. The molecule has 0 radical (unpaired) electrons. The third-order valence-corrected chi connectivity index (χ3v) is 3.69. The van der Waals surface area contributed by atoms with Crippen LogP contribution in [0.5, 0.6) is 0 Å². The van der Waals surface area contributed by atoms with Crippen LogP contribution in [0.1, 0.15) is 5.69 Å². The summed E-state index contributed by atoms with van der Waals surface area (Å²) in [6.45, 7) is 0. The largest absolute Gasteiger partial charge is 0.337 e. The number of hydrogen-bond acceptors (Lipinski definition) is 2. The molecule has 0 saturated carbocycles. The minimum absolute atomic E-state index is 0.956. The zero-order chi connectivity index (χ0) is 10.7. The summed E-state index contributed by atoms with van der Waals surface area (Å²) in [6.07, 6.45) is 3.74. The summed E-state index contributed by atoms with van der Waals surface area (Å²) >= 11 is 5.24. The summed E-state index contributed by atoms with van der Waals surface area (Å²) in [5.74, 6) is 0.956. The van der Waals surface area contributed by atoms with Crippen molar-refractivity contribution in [3.63, 3.8) is 0 Å². The molecule has 78 valence electrons. The fourth-order valence-electron chi connectivity index (χ4n) is 1.21. The average molecular weight is 283 g/mol. The van der Waals surface area contributed by atoms with Gasteiger partial charge in [-0.15, -0.1) is 11.8 Å². The molecule has 1 aromatic heterocycles. The average Bonchev–Trinajstić information content (AvgIpc) is 2.63. The van der Waals surface area contributed by atoms with Crippen LogP contribution in [0.25, 0.3) is 0 Å². The minimum Gasteiger partial charge on any atom is -0.337 e. The molecule has 2 rings (SSSR count). The molecule has 2 nitrogen and oxygen atoms in total. The van der Waals surface area contributed by atoms with Crippen molar-refractivity contribution in [2.24, 2.45) is 7.05 Å². The van der Waals surface area contributed by atoms with E-state index in [1.54, 1.807) is 0 Å². The molecule has 1 aromatic carbocycles. The molecule has 0 unspecified atom stereocenters. The number of benzene rings is 1. The van der Waals surface area contributed by atoms with Gasteiger partial charge in [-0.05, 0) is 24.3 Å². The van der Waals surface area contributed by atoms with Crippen LogP contribution in [0, 0.1) is 0 Å². The van der Waals surface area contributed by atoms with Crippen LogP contribution in [0.15, 0.2) is 46.2 Å². The molecule has 0 atom stereocenters. The van der Waals surface area contributed by atoms with Crippen LogP contribution in [0.2, 0.25) is 0 Å². The van der Waals surface area contributed by atoms with Crippen molar-refractivity contribution in [3.05, 3.63) is 47.0 Å². The molecule has 0 N–H and O–H groups in total. The number of aryl methyl sites for hydroxylation is 1. The number of rotatable bonds is 3. The molecular weight excluding hydrogens is 272 g/mol. The number of aromatic nitrogens is 2. The third kappa shape index (κ3) is 2.86. The van der Waals surface area contributed by atoms with E-state index in [1.165, 1.54) is 10.6 Å². The predicted octanol–water partition coefficient (Wildman–Crippen LogP) is 3.47. The Labute approximate surface area is 102 Å². The van der Waals surface area contributed by atoms with E-state index in [-0.39, 0.29) is 0 Å². The first-order valence-electron chi connectivity index (χ1n) is 4.59. The molecule has 0 aliphatic heterocycles. The lowest BCUT2D eigenvalue weighted by atomic mass is 10.4. The van der Waals surface area contributed by atoms with Crippen molar-refractivity contribution >= 4 is 27.7 Å². The van der Waals surface area contributed by atoms with Gasteiger partial charge in [0.2, 0.25) is 0 Å². The predicted molar refractivity (Wildman–Crippen MR) is 66.9 cm³/mol. The van der Waals surface area contributed by atoms with Crippen LogP contribution >= 0.6 is 27.7 Å². The van der Waals surface area contributed by atoms with E-state index < -0.39 is 0 Å². The Morgan fingerprint density at radius 1 is 1.33 bits per heavy atom. The van der Waals surface area contributed by atoms with E-state index in [0.717, 1.165) is 10.2 Å². The highest BCUT2D eigenvalue weighted by Gasteiger charge is 1.99. The van der Waals surface area contributed by atoms with E-state index in [4.69, 9.17) is 0 Å². The van der Waals surface area contributed by atoms with Crippen molar-refractivity contribution in [1.29, 1.82) is 0 Å². The molecule has 0 bridgehead atoms. The summed E-state index contributed by atoms with van der Waals surface area (Å²) in [4.78, 5) is 5.37. The fourth-order valence-corrected chi connectivity index (χ4v) is 2.40. The van der Waals surface area contributed by atoms with E-state index in [9.17, 15) is 0 Å². The minimum atomic E-state index is 0.956. The summed E-state index contributed by atoms with van der Waals surface area (Å²) in [5.41, 5.74) is 1.24. The van der Waals surface area contributed by atoms with Gasteiger partial charge in [-0.3, -0.25) is 0 Å². The molecule has 2 aromatic rings. The normalized spacial score (nSPS) is 10.5. The van der Waals surface area contributed by atoms with Crippen LogP contribution in [-0.2, 0) is 12.8 Å². The van der Waals surface area contributed by atoms with Gasteiger partial charge < -0.3 is 4.57 Å². The van der Waals surface area contributed by atoms with Gasteiger partial charge in [0.25, 0.3) is 0 Å². The first-order chi connectivity index (χ1) is 7.25. The number of nitrogens with zero attached hydrogens (tertiary/aromatic N) is 2. The molecule has 0 amide bonds. The third-order valence-electron chi connectivity index (χ3n) is 2.12. The quantitative estimate of drug-likeness (QED) is 0.803. The monoisotopic (exact) mass is 282 g/mol. The molecule has 0 aliphatic carbocycles. The Kier molecular flexibility index (Phi) is 3.49. The molecule has 0 fully saturated rings. The standard InChI is InChI=1S/C11H11BrN2S/c1-14-8-13-6-10(14)7-15-11-4-2-9(12)3-5-11/h2-6,8H,7H2,1H3. The van der Waals surface area contributed by atoms with E-state index in [1.807, 2.05) is 35.9 Å². The second kappa shape index (κ2) is 4.86. The number of halogens is 1. The number of hydrogen-bond donors (Lipinski definition) is 0. The van der Waals surface area contributed by atoms with Gasteiger partial charge in [0, 0.05) is 34.1 Å². The topological polar surface area (TPSA) is 17.8 Å². The fraction of sp³-hybridized carbons (Fsp3) is 0.182. The lowest BCUT2D eigenvalue weighted by molar-refractivity contribution is 0.867. The van der Waals surface area contributed by atoms with Crippen molar-refractivity contribution in [2.75, 3.05) is 0 Å². The summed E-state index contributed by atoms with van der Waals surface area (Å²) in [5, 5.41) is 0. The Hall–Kier alpha value is -0.740. The number of imidazole rings is 1. The van der Waals surface area contributed by atoms with Crippen molar-refractivity contribution in [3.8, 4) is 0 Å². The maximum atomic E-state index is 4.09. The van der Waals surface area contributed by atoms with Gasteiger partial charge in [0.15, 0.2) is 0 Å². The Morgan fingerprint density at radius 2 is 2.07 bits per heavy atom. The highest BCUT2D eigenvalue weighted by molar-refractivity contribution is 9.10. The molecule has 0 saturated heterocycles. The second-order valence-corrected chi connectivity index (χ2v) is 5.20. The van der Waals surface area contributed by atoms with Crippen LogP contribution in [0.3, 0.4) is 0 Å². The molecule has 15 heavy (non-hydrogen) atoms. The zero-order valence-corrected chi connectivity index (χ0v) is 10.8. The second-order valence-electron chi connectivity index (χ2n) is 3.24. The van der Waals surface area contributed by atoms with Crippen molar-refractivity contribution < 1.29 is 0 Å². The zero-order valence-electron chi connectivity index (χ0n) is 8.35. The van der Waals surface area contributed by atoms with Crippen molar-refractivity contribution in [2.45, 2.75) is 10.6 Å². The highest BCUT2D eigenvalue weighted by Crippen LogP contribution is 2.23. The Balaban J connectivity index is 1.99. The van der Waals surface area contributed by atoms with Gasteiger partial charge >= 0.3 is 0 Å². The van der Waals surface area contributed by atoms with Crippen LogP contribution in [-0.4, -0.2) is 9.55 Å². The maximum Gasteiger partial charge on any atom is 0.0945 e. The smallest absolute Gasteiger partial charge is 0.0945 e. The van der Waals surface area contributed by atoms with Gasteiger partial charge in [-0.2, -0.15) is 0 Å². The van der Waals surface area contributed by atoms with Crippen LogP contribution in [0.4, 0.5) is 0 Å². The van der Waals surface area contributed by atoms with Gasteiger partial charge in [-0.25, -0.2) is 4.98 Å². The van der Waals surface area contributed by atoms with E-state index >= 15 is 0 Å². The number of thioether (sulfide) groups is 1. The molecule has 1 heterocycles. The molecular formula is C11H11BrN2S. The lowest BCUT2D eigenvalue weighted by Crippen LogP contribution is -1.91. The first kappa shape index (κ1) is 10.8. The van der Waals surface area contributed by atoms with E-state index in [0.29, 0.717) is 0 Å². The summed E-state index contributed by atoms with van der Waals surface area (Å²) in [6, 6.07) is 8.35. The summed E-state index contributed by atoms with van der Waals surface area (Å²) in [7, 11) is 2.02. The molecule has 0 spiro atoms. The highest BCUT2D eigenvalue weighted by atomic mass is 79.9. The maximum absolute atomic E-state index is 4.09. The van der Waals surface area contributed by atoms with Gasteiger partial charge in [0.1, 0.15) is 0 Å². The van der Waals surface area contributed by atoms with Gasteiger partial charge in [-0.1, -0.05) is 15.9 Å². The van der Waals surface area contributed by atoms with Gasteiger partial charge in [0.05, 0.1) is 6.33 Å². The SMILES string of the molecule is Cn1cncc1CSc1ccc(Br)cc1. The molecule has 4 heteroatoms. The van der Waals surface area contributed by atoms with Crippen molar-refractivity contribution in [1.82, 2.24) is 9.55 Å². The first-order valence-corrected chi connectivity index (χ1v) is 6.37. The Bertz CT molecular complexity index is 436. The molecule has 0 aliphatic rings. The van der Waals surface area contributed by atoms with E-state index in [2.05, 4.69) is 45.2 Å².